The summed E-state index contributed by atoms with van der Waals surface area (Å²) in [6, 6.07) is 0. The molecule has 0 radical (unpaired) electrons. The van der Waals surface area contributed by atoms with Gasteiger partial charge >= 0.3 is 11.9 Å². The lowest BCUT2D eigenvalue weighted by molar-refractivity contribution is -0.150. The third-order valence-electron chi connectivity index (χ3n) is 2.92. The zero-order chi connectivity index (χ0) is 16.3. The molecule has 0 fully saturated rings. The van der Waals surface area contributed by atoms with E-state index in [2.05, 4.69) is 26.3 Å². The van der Waals surface area contributed by atoms with E-state index < -0.39 is 17.4 Å². The second-order valence-electron chi connectivity index (χ2n) is 4.44. The van der Waals surface area contributed by atoms with Gasteiger partial charge in [0.1, 0.15) is 25.6 Å². The van der Waals surface area contributed by atoms with E-state index in [-0.39, 0.29) is 19.8 Å². The predicted octanol–water partition coefficient (Wildman–Crippen LogP) is 2.56. The third kappa shape index (κ3) is 7.15. The fourth-order valence-electron chi connectivity index (χ4n) is 1.30. The summed E-state index contributed by atoms with van der Waals surface area (Å²) in [6.45, 7) is 16.0. The van der Waals surface area contributed by atoms with Gasteiger partial charge in [0.15, 0.2) is 0 Å². The fraction of sp³-hybridized carbons (Fsp3) is 0.375. The highest BCUT2D eigenvalue weighted by Crippen LogP contribution is 2.25. The average molecular weight is 294 g/mol. The van der Waals surface area contributed by atoms with Gasteiger partial charge in [-0.2, -0.15) is 0 Å². The first kappa shape index (κ1) is 18.7. The van der Waals surface area contributed by atoms with Crippen molar-refractivity contribution in [3.8, 4) is 0 Å². The monoisotopic (exact) mass is 294 g/mol. The van der Waals surface area contributed by atoms with Gasteiger partial charge in [0.05, 0.1) is 5.41 Å². The number of carbonyl (C=O) groups excluding carboxylic acids is 2. The summed E-state index contributed by atoms with van der Waals surface area (Å²) in [4.78, 5) is 22.4. The van der Waals surface area contributed by atoms with Crippen LogP contribution in [0, 0.1) is 5.41 Å². The molecule has 0 aliphatic rings. The molecule has 0 atom stereocenters. The van der Waals surface area contributed by atoms with Crippen LogP contribution in [0.25, 0.3) is 0 Å². The van der Waals surface area contributed by atoms with E-state index in [1.165, 1.54) is 6.08 Å². The van der Waals surface area contributed by atoms with Crippen LogP contribution in [0.1, 0.15) is 13.3 Å². The Morgan fingerprint density at radius 3 is 1.67 bits per heavy atom. The molecular weight excluding hydrogens is 272 g/mol. The molecule has 0 aliphatic carbocycles. The Hall–Kier alpha value is -2.30. The van der Waals surface area contributed by atoms with Crippen molar-refractivity contribution < 1.29 is 23.8 Å². The molecule has 21 heavy (non-hydrogen) atoms. The lowest BCUT2D eigenvalue weighted by Crippen LogP contribution is -2.38. The molecule has 0 rings (SSSR count). The molecule has 0 amide bonds. The molecule has 0 spiro atoms. The lowest BCUT2D eigenvalue weighted by atomic mass is 9.88. The number of carbonyl (C=O) groups is 2. The quantitative estimate of drug-likeness (QED) is 0.254. The Balaban J connectivity index is 4.87. The van der Waals surface area contributed by atoms with Crippen LogP contribution in [0.4, 0.5) is 0 Å². The van der Waals surface area contributed by atoms with Crippen molar-refractivity contribution in [1.82, 2.24) is 0 Å². The van der Waals surface area contributed by atoms with Crippen molar-refractivity contribution in [1.29, 1.82) is 0 Å². The molecule has 0 aromatic carbocycles. The second kappa shape index (κ2) is 9.58. The second-order valence-corrected chi connectivity index (χ2v) is 4.44. The van der Waals surface area contributed by atoms with Gasteiger partial charge in [0.25, 0.3) is 0 Å². The minimum absolute atomic E-state index is 0.0310. The molecule has 0 saturated carbocycles. The van der Waals surface area contributed by atoms with Crippen LogP contribution in [0.15, 0.2) is 50.3 Å². The van der Waals surface area contributed by atoms with Crippen LogP contribution < -0.4 is 0 Å². The van der Waals surface area contributed by atoms with Crippen LogP contribution in [0.2, 0.25) is 0 Å². The number of esters is 2. The minimum Gasteiger partial charge on any atom is -0.493 e. The van der Waals surface area contributed by atoms with Crippen LogP contribution in [-0.4, -0.2) is 31.8 Å². The van der Waals surface area contributed by atoms with Crippen LogP contribution >= 0.6 is 0 Å². The first-order valence-electron chi connectivity index (χ1n) is 6.45. The molecule has 0 unspecified atom stereocenters. The molecule has 0 aliphatic heterocycles. The van der Waals surface area contributed by atoms with Gasteiger partial charge in [-0.25, -0.2) is 9.59 Å². The standard InChI is InChI=1S/C16H22O5/c1-6-13(5)19-10-16(9-4,11-20-14(17)7-2)12-21-15(18)8-3/h6-8H,1-3,5,9-12H2,4H3. The van der Waals surface area contributed by atoms with E-state index in [9.17, 15) is 9.59 Å². The lowest BCUT2D eigenvalue weighted by Gasteiger charge is -2.31. The zero-order valence-electron chi connectivity index (χ0n) is 12.4. The van der Waals surface area contributed by atoms with Crippen molar-refractivity contribution in [2.24, 2.45) is 5.41 Å². The van der Waals surface area contributed by atoms with Crippen LogP contribution in [0.5, 0.6) is 0 Å². The minimum atomic E-state index is -0.677. The van der Waals surface area contributed by atoms with E-state index in [0.717, 1.165) is 12.2 Å². The zero-order valence-corrected chi connectivity index (χ0v) is 12.4. The van der Waals surface area contributed by atoms with Crippen LogP contribution in [-0.2, 0) is 23.8 Å². The highest BCUT2D eigenvalue weighted by atomic mass is 16.6. The van der Waals surface area contributed by atoms with E-state index in [1.54, 1.807) is 0 Å². The summed E-state index contributed by atoms with van der Waals surface area (Å²) in [5.41, 5.74) is -0.677. The molecule has 0 N–H and O–H groups in total. The summed E-state index contributed by atoms with van der Waals surface area (Å²) >= 11 is 0. The summed E-state index contributed by atoms with van der Waals surface area (Å²) < 4.78 is 15.6. The topological polar surface area (TPSA) is 61.8 Å². The Morgan fingerprint density at radius 2 is 1.33 bits per heavy atom. The predicted molar refractivity (Wildman–Crippen MR) is 80.3 cm³/mol. The van der Waals surface area contributed by atoms with Crippen molar-refractivity contribution in [2.45, 2.75) is 13.3 Å². The molecular formula is C16H22O5. The third-order valence-corrected chi connectivity index (χ3v) is 2.92. The Morgan fingerprint density at radius 1 is 0.905 bits per heavy atom. The highest BCUT2D eigenvalue weighted by Gasteiger charge is 2.33. The van der Waals surface area contributed by atoms with E-state index in [4.69, 9.17) is 14.2 Å². The van der Waals surface area contributed by atoms with Crippen LogP contribution in [0.3, 0.4) is 0 Å². The highest BCUT2D eigenvalue weighted by molar-refractivity contribution is 5.81. The number of hydrogen-bond donors (Lipinski definition) is 0. The molecule has 0 aromatic heterocycles. The number of allylic oxidation sites excluding steroid dienone is 1. The maximum absolute atomic E-state index is 11.2. The summed E-state index contributed by atoms with van der Waals surface area (Å²) in [5.74, 6) is -0.714. The first-order chi connectivity index (χ1) is 9.92. The smallest absolute Gasteiger partial charge is 0.330 e. The normalized spacial score (nSPS) is 10.1. The number of hydrogen-bond acceptors (Lipinski definition) is 5. The van der Waals surface area contributed by atoms with Gasteiger partial charge < -0.3 is 14.2 Å². The van der Waals surface area contributed by atoms with E-state index in [1.807, 2.05) is 6.92 Å². The summed E-state index contributed by atoms with van der Waals surface area (Å²) in [5, 5.41) is 0. The molecule has 0 heterocycles. The van der Waals surface area contributed by atoms with Crippen molar-refractivity contribution >= 4 is 11.9 Å². The molecule has 0 aromatic rings. The van der Waals surface area contributed by atoms with E-state index in [0.29, 0.717) is 12.2 Å². The van der Waals surface area contributed by atoms with Gasteiger partial charge in [0.2, 0.25) is 0 Å². The molecule has 5 nitrogen and oxygen atoms in total. The number of ether oxygens (including phenoxy) is 3. The molecule has 0 bridgehead atoms. The molecule has 116 valence electrons. The van der Waals surface area contributed by atoms with E-state index >= 15 is 0 Å². The Labute approximate surface area is 125 Å². The Bertz CT molecular complexity index is 363. The SMILES string of the molecule is C=CC(=C)OCC(CC)(COC(=O)C=C)COC(=O)C=C. The first-order valence-corrected chi connectivity index (χ1v) is 6.45. The summed E-state index contributed by atoms with van der Waals surface area (Å²) in [7, 11) is 0. The maximum atomic E-state index is 11.2. The van der Waals surface area contributed by atoms with Crippen molar-refractivity contribution in [3.05, 3.63) is 50.3 Å². The van der Waals surface area contributed by atoms with Gasteiger partial charge in [0, 0.05) is 12.2 Å². The van der Waals surface area contributed by atoms with Gasteiger partial charge in [-0.15, -0.1) is 0 Å². The fourth-order valence-corrected chi connectivity index (χ4v) is 1.30. The van der Waals surface area contributed by atoms with Gasteiger partial charge in [-0.1, -0.05) is 33.2 Å². The summed E-state index contributed by atoms with van der Waals surface area (Å²) in [6.07, 6.45) is 4.16. The van der Waals surface area contributed by atoms with Gasteiger partial charge in [-0.3, -0.25) is 0 Å². The van der Waals surface area contributed by atoms with Crippen molar-refractivity contribution in [2.75, 3.05) is 19.8 Å². The Kier molecular flexibility index (Phi) is 8.53. The molecule has 0 saturated heterocycles. The average Bonchev–Trinajstić information content (AvgIpc) is 2.53. The molecule has 5 heteroatoms. The maximum Gasteiger partial charge on any atom is 0.330 e. The van der Waals surface area contributed by atoms with Crippen molar-refractivity contribution in [3.63, 3.8) is 0 Å². The number of rotatable bonds is 11. The largest absolute Gasteiger partial charge is 0.493 e. The van der Waals surface area contributed by atoms with Gasteiger partial charge in [-0.05, 0) is 12.5 Å².